The van der Waals surface area contributed by atoms with Gasteiger partial charge in [-0.25, -0.2) is 14.3 Å². The number of aromatic nitrogens is 1. The van der Waals surface area contributed by atoms with Crippen LogP contribution in [0, 0.1) is 13.8 Å². The highest BCUT2D eigenvalue weighted by Gasteiger charge is 2.22. The first-order chi connectivity index (χ1) is 10.8. The van der Waals surface area contributed by atoms with E-state index >= 15 is 0 Å². The highest BCUT2D eigenvalue weighted by atomic mass is 32.2. The van der Waals surface area contributed by atoms with E-state index in [9.17, 15) is 13.2 Å². The van der Waals surface area contributed by atoms with Crippen molar-refractivity contribution in [3.63, 3.8) is 0 Å². The van der Waals surface area contributed by atoms with Crippen LogP contribution in [0.1, 0.15) is 28.4 Å². The van der Waals surface area contributed by atoms with Gasteiger partial charge in [0.1, 0.15) is 11.4 Å². The summed E-state index contributed by atoms with van der Waals surface area (Å²) in [6, 6.07) is 6.39. The van der Waals surface area contributed by atoms with Gasteiger partial charge in [0.25, 0.3) is 10.0 Å². The lowest BCUT2D eigenvalue weighted by Crippen LogP contribution is -2.24. The third-order valence-corrected chi connectivity index (χ3v) is 4.59. The Balaban J connectivity index is 2.35. The second kappa shape index (κ2) is 6.33. The molecular weight excluding hydrogens is 318 g/mol. The summed E-state index contributed by atoms with van der Waals surface area (Å²) in [7, 11) is -3.81. The largest absolute Gasteiger partial charge is 0.462 e. The highest BCUT2D eigenvalue weighted by molar-refractivity contribution is 7.92. The number of nitrogens with zero attached hydrogens (tertiary/aromatic N) is 1. The molecule has 0 unspecified atom stereocenters. The standard InChI is InChI=1S/C15H19N3O4S/c1-4-22-15(19)13-11(3)9-18(14(13)16)17-23(20,21)12-7-5-10(2)6-8-12/h5-9,17H,4,16H2,1-3H3. The fraction of sp³-hybridized carbons (Fsp3) is 0.267. The zero-order valence-corrected chi connectivity index (χ0v) is 14.0. The summed E-state index contributed by atoms with van der Waals surface area (Å²) >= 11 is 0. The third kappa shape index (κ3) is 3.48. The van der Waals surface area contributed by atoms with Gasteiger partial charge in [-0.2, -0.15) is 8.42 Å². The van der Waals surface area contributed by atoms with E-state index in [2.05, 4.69) is 4.83 Å². The molecule has 0 radical (unpaired) electrons. The van der Waals surface area contributed by atoms with Crippen LogP contribution < -0.4 is 10.6 Å². The molecule has 3 N–H and O–H groups in total. The molecule has 0 spiro atoms. The van der Waals surface area contributed by atoms with E-state index in [0.717, 1.165) is 10.2 Å². The molecule has 0 saturated carbocycles. The Morgan fingerprint density at radius 1 is 1.26 bits per heavy atom. The number of hydrogen-bond donors (Lipinski definition) is 2. The van der Waals surface area contributed by atoms with Crippen molar-refractivity contribution in [2.75, 3.05) is 17.2 Å². The minimum absolute atomic E-state index is 0.0170. The number of sulfonamides is 1. The number of carbonyl (C=O) groups is 1. The zero-order valence-electron chi connectivity index (χ0n) is 13.2. The fourth-order valence-electron chi connectivity index (χ4n) is 2.09. The Kier molecular flexibility index (Phi) is 4.65. The van der Waals surface area contributed by atoms with Gasteiger partial charge in [0.15, 0.2) is 0 Å². The topological polar surface area (TPSA) is 103 Å². The summed E-state index contributed by atoms with van der Waals surface area (Å²) in [5.41, 5.74) is 7.50. The van der Waals surface area contributed by atoms with Crippen molar-refractivity contribution in [2.45, 2.75) is 25.7 Å². The number of anilines is 1. The molecule has 2 aromatic rings. The maximum Gasteiger partial charge on any atom is 0.342 e. The quantitative estimate of drug-likeness (QED) is 0.810. The van der Waals surface area contributed by atoms with Crippen molar-refractivity contribution in [2.24, 2.45) is 0 Å². The van der Waals surface area contributed by atoms with Crippen molar-refractivity contribution in [1.82, 2.24) is 4.68 Å². The molecule has 0 fully saturated rings. The number of hydrogen-bond acceptors (Lipinski definition) is 5. The van der Waals surface area contributed by atoms with Crippen molar-refractivity contribution < 1.29 is 17.9 Å². The first-order valence-corrected chi connectivity index (χ1v) is 8.48. The van der Waals surface area contributed by atoms with E-state index < -0.39 is 16.0 Å². The average Bonchev–Trinajstić information content (AvgIpc) is 2.73. The van der Waals surface area contributed by atoms with E-state index in [0.29, 0.717) is 5.56 Å². The minimum Gasteiger partial charge on any atom is -0.462 e. The van der Waals surface area contributed by atoms with Crippen LogP contribution in [-0.2, 0) is 14.8 Å². The number of nitrogens with two attached hydrogens (primary N) is 1. The van der Waals surface area contributed by atoms with E-state index in [1.165, 1.54) is 18.3 Å². The van der Waals surface area contributed by atoms with Crippen LogP contribution in [0.25, 0.3) is 0 Å². The SMILES string of the molecule is CCOC(=O)c1c(C)cn(NS(=O)(=O)c2ccc(C)cc2)c1N. The Hall–Kier alpha value is -2.48. The third-order valence-electron chi connectivity index (χ3n) is 3.26. The Morgan fingerprint density at radius 3 is 2.43 bits per heavy atom. The summed E-state index contributed by atoms with van der Waals surface area (Å²) < 4.78 is 30.8. The lowest BCUT2D eigenvalue weighted by molar-refractivity contribution is 0.0527. The summed E-state index contributed by atoms with van der Waals surface area (Å²) in [6.45, 7) is 5.40. The summed E-state index contributed by atoms with van der Waals surface area (Å²) in [5, 5.41) is 0. The van der Waals surface area contributed by atoms with Crippen LogP contribution in [0.5, 0.6) is 0 Å². The molecule has 1 aromatic heterocycles. The molecule has 0 amide bonds. The molecule has 2 rings (SSSR count). The Bertz CT molecular complexity index is 823. The van der Waals surface area contributed by atoms with Gasteiger partial charge in [0.2, 0.25) is 0 Å². The van der Waals surface area contributed by atoms with Crippen molar-refractivity contribution >= 4 is 21.8 Å². The first kappa shape index (κ1) is 16.9. The van der Waals surface area contributed by atoms with Crippen molar-refractivity contribution in [1.29, 1.82) is 0 Å². The number of rotatable bonds is 5. The monoisotopic (exact) mass is 337 g/mol. The fourth-order valence-corrected chi connectivity index (χ4v) is 3.10. The summed E-state index contributed by atoms with van der Waals surface area (Å²) in [6.07, 6.45) is 1.44. The number of carbonyl (C=O) groups excluding carboxylic acids is 1. The van der Waals surface area contributed by atoms with Crippen LogP contribution in [0.15, 0.2) is 35.4 Å². The molecule has 0 saturated heterocycles. The van der Waals surface area contributed by atoms with Crippen molar-refractivity contribution in [3.8, 4) is 0 Å². The van der Waals surface area contributed by atoms with Crippen LogP contribution in [0.4, 0.5) is 5.82 Å². The lowest BCUT2D eigenvalue weighted by atomic mass is 10.2. The summed E-state index contributed by atoms with van der Waals surface area (Å²) in [4.78, 5) is 14.3. The van der Waals surface area contributed by atoms with E-state index in [-0.39, 0.29) is 22.9 Å². The van der Waals surface area contributed by atoms with E-state index in [1.807, 2.05) is 6.92 Å². The predicted octanol–water partition coefficient (Wildman–Crippen LogP) is 1.80. The first-order valence-electron chi connectivity index (χ1n) is 7.00. The molecular formula is C15H19N3O4S. The Morgan fingerprint density at radius 2 is 1.87 bits per heavy atom. The number of nitrogen functional groups attached to an aromatic ring is 1. The maximum atomic E-state index is 12.4. The van der Waals surface area contributed by atoms with E-state index in [1.54, 1.807) is 26.0 Å². The second-order valence-electron chi connectivity index (χ2n) is 5.07. The van der Waals surface area contributed by atoms with Crippen molar-refractivity contribution in [3.05, 3.63) is 47.2 Å². The van der Waals surface area contributed by atoms with Crippen LogP contribution >= 0.6 is 0 Å². The van der Waals surface area contributed by atoms with Gasteiger partial charge in [-0.3, -0.25) is 0 Å². The van der Waals surface area contributed by atoms with Gasteiger partial charge in [0.05, 0.1) is 11.5 Å². The molecule has 0 aliphatic rings. The van der Waals surface area contributed by atoms with Crippen LogP contribution in [0.3, 0.4) is 0 Å². The molecule has 0 aliphatic carbocycles. The Labute approximate surface area is 135 Å². The molecule has 1 heterocycles. The second-order valence-corrected chi connectivity index (χ2v) is 6.73. The maximum absolute atomic E-state index is 12.4. The molecule has 0 aliphatic heterocycles. The van der Waals surface area contributed by atoms with Gasteiger partial charge < -0.3 is 10.5 Å². The van der Waals surface area contributed by atoms with E-state index in [4.69, 9.17) is 10.5 Å². The number of esters is 1. The molecule has 0 atom stereocenters. The molecule has 1 aromatic carbocycles. The van der Waals surface area contributed by atoms with Gasteiger partial charge in [-0.05, 0) is 38.5 Å². The average molecular weight is 337 g/mol. The number of ether oxygens (including phenoxy) is 1. The predicted molar refractivity (Wildman–Crippen MR) is 87.3 cm³/mol. The smallest absolute Gasteiger partial charge is 0.342 e. The normalized spacial score (nSPS) is 11.3. The lowest BCUT2D eigenvalue weighted by Gasteiger charge is -2.11. The number of benzene rings is 1. The highest BCUT2D eigenvalue weighted by Crippen LogP contribution is 2.21. The molecule has 124 valence electrons. The van der Waals surface area contributed by atoms with Crippen LogP contribution in [-0.4, -0.2) is 25.7 Å². The van der Waals surface area contributed by atoms with Gasteiger partial charge >= 0.3 is 5.97 Å². The zero-order chi connectivity index (χ0) is 17.2. The number of nitrogens with one attached hydrogen (secondary N) is 1. The molecule has 7 nitrogen and oxygen atoms in total. The van der Waals surface area contributed by atoms with Crippen LogP contribution in [0.2, 0.25) is 0 Å². The van der Waals surface area contributed by atoms with Gasteiger partial charge in [0, 0.05) is 6.20 Å². The molecule has 8 heteroatoms. The molecule has 0 bridgehead atoms. The summed E-state index contributed by atoms with van der Waals surface area (Å²) in [5.74, 6) is -0.604. The number of aryl methyl sites for hydroxylation is 2. The molecule has 23 heavy (non-hydrogen) atoms. The van der Waals surface area contributed by atoms with Gasteiger partial charge in [-0.1, -0.05) is 17.7 Å². The van der Waals surface area contributed by atoms with Gasteiger partial charge in [-0.15, -0.1) is 0 Å². The minimum atomic E-state index is -3.81.